The molecule has 2 aliphatic rings. The number of amides is 2. The fraction of sp³-hybridized carbons (Fsp3) is 0.556. The number of carbonyl (C=O) groups is 2. The van der Waals surface area contributed by atoms with Gasteiger partial charge in [0.05, 0.1) is 6.04 Å². The summed E-state index contributed by atoms with van der Waals surface area (Å²) in [6.45, 7) is 1.96. The van der Waals surface area contributed by atoms with Crippen LogP contribution >= 0.6 is 11.6 Å². The molecule has 2 atom stereocenters. The maximum Gasteiger partial charge on any atom is 0.254 e. The fourth-order valence-electron chi connectivity index (χ4n) is 3.47. The number of halogens is 1. The van der Waals surface area contributed by atoms with Crippen molar-refractivity contribution in [3.05, 3.63) is 34.9 Å². The summed E-state index contributed by atoms with van der Waals surface area (Å²) in [4.78, 5) is 26.6. The van der Waals surface area contributed by atoms with E-state index in [1.807, 2.05) is 23.1 Å². The summed E-state index contributed by atoms with van der Waals surface area (Å²) in [5.74, 6) is 0.147. The van der Waals surface area contributed by atoms with Crippen LogP contribution in [0.1, 0.15) is 24.4 Å². The molecule has 2 heterocycles. The molecule has 0 aromatic heterocycles. The van der Waals surface area contributed by atoms with Crippen LogP contribution in [0.25, 0.3) is 0 Å². The van der Waals surface area contributed by atoms with Gasteiger partial charge in [0.15, 0.2) is 6.10 Å². The van der Waals surface area contributed by atoms with E-state index in [1.54, 1.807) is 13.2 Å². The Morgan fingerprint density at radius 3 is 2.76 bits per heavy atom. The summed E-state index contributed by atoms with van der Waals surface area (Å²) in [5, 5.41) is 3.37. The van der Waals surface area contributed by atoms with Crippen molar-refractivity contribution in [3.8, 4) is 0 Å². The first kappa shape index (κ1) is 18.2. The van der Waals surface area contributed by atoms with Crippen molar-refractivity contribution in [2.24, 2.45) is 5.92 Å². The van der Waals surface area contributed by atoms with Crippen molar-refractivity contribution >= 4 is 23.4 Å². The molecule has 3 rings (SSSR count). The van der Waals surface area contributed by atoms with Crippen LogP contribution in [0.2, 0.25) is 5.02 Å². The zero-order chi connectivity index (χ0) is 17.8. The monoisotopic (exact) mass is 366 g/mol. The fourth-order valence-corrected chi connectivity index (χ4v) is 3.72. The van der Waals surface area contributed by atoms with Crippen LogP contribution < -0.4 is 5.32 Å². The number of carbonyl (C=O) groups excluding carboxylic acids is 2. The van der Waals surface area contributed by atoms with Gasteiger partial charge in [-0.15, -0.1) is 0 Å². The molecule has 1 aromatic carbocycles. The van der Waals surface area contributed by atoms with E-state index in [4.69, 9.17) is 21.1 Å². The van der Waals surface area contributed by atoms with Crippen LogP contribution in [0.5, 0.6) is 0 Å². The topological polar surface area (TPSA) is 67.9 Å². The summed E-state index contributed by atoms with van der Waals surface area (Å²) >= 11 is 6.27. The Balaban J connectivity index is 1.73. The van der Waals surface area contributed by atoms with Crippen LogP contribution in [-0.2, 0) is 19.1 Å². The Kier molecular flexibility index (Phi) is 5.93. The van der Waals surface area contributed by atoms with Gasteiger partial charge < -0.3 is 19.7 Å². The summed E-state index contributed by atoms with van der Waals surface area (Å²) in [6, 6.07) is 6.64. The summed E-state index contributed by atoms with van der Waals surface area (Å²) < 4.78 is 10.8. The predicted molar refractivity (Wildman–Crippen MR) is 93.3 cm³/mol. The first-order chi connectivity index (χ1) is 12.1. The van der Waals surface area contributed by atoms with Crippen LogP contribution in [0, 0.1) is 5.92 Å². The lowest BCUT2D eigenvalue weighted by atomic mass is 9.95. The van der Waals surface area contributed by atoms with Crippen molar-refractivity contribution in [3.63, 3.8) is 0 Å². The average molecular weight is 367 g/mol. The third-order valence-corrected chi connectivity index (χ3v) is 5.17. The van der Waals surface area contributed by atoms with Gasteiger partial charge in [-0.3, -0.25) is 9.59 Å². The third kappa shape index (κ3) is 4.14. The van der Waals surface area contributed by atoms with Crippen molar-refractivity contribution in [1.82, 2.24) is 10.2 Å². The van der Waals surface area contributed by atoms with E-state index in [1.165, 1.54) is 0 Å². The minimum absolute atomic E-state index is 0.0965. The summed E-state index contributed by atoms with van der Waals surface area (Å²) in [5.41, 5.74) is 0.699. The molecule has 0 aliphatic carbocycles. The lowest BCUT2D eigenvalue weighted by Crippen LogP contribution is -2.54. The molecule has 25 heavy (non-hydrogen) atoms. The summed E-state index contributed by atoms with van der Waals surface area (Å²) in [7, 11) is 1.70. The van der Waals surface area contributed by atoms with E-state index in [2.05, 4.69) is 5.32 Å². The van der Waals surface area contributed by atoms with E-state index in [0.29, 0.717) is 29.6 Å². The van der Waals surface area contributed by atoms with Crippen LogP contribution in [0.15, 0.2) is 24.3 Å². The highest BCUT2D eigenvalue weighted by Crippen LogP contribution is 2.30. The highest BCUT2D eigenvalue weighted by atomic mass is 35.5. The smallest absolute Gasteiger partial charge is 0.254 e. The van der Waals surface area contributed by atoms with Crippen molar-refractivity contribution in [2.45, 2.75) is 25.0 Å². The summed E-state index contributed by atoms with van der Waals surface area (Å²) in [6.07, 6.45) is 1.07. The molecule has 6 nitrogen and oxygen atoms in total. The Hall–Kier alpha value is -1.63. The van der Waals surface area contributed by atoms with Gasteiger partial charge in [0.2, 0.25) is 5.91 Å². The number of methoxy groups -OCH3 is 1. The molecule has 0 radical (unpaired) electrons. The zero-order valence-electron chi connectivity index (χ0n) is 14.2. The molecule has 2 unspecified atom stereocenters. The van der Waals surface area contributed by atoms with Gasteiger partial charge in [0.1, 0.15) is 6.61 Å². The molecule has 2 fully saturated rings. The van der Waals surface area contributed by atoms with Crippen LogP contribution in [0.4, 0.5) is 0 Å². The normalized spacial score (nSPS) is 24.9. The van der Waals surface area contributed by atoms with Crippen molar-refractivity contribution in [2.75, 3.05) is 33.4 Å². The maximum absolute atomic E-state index is 13.0. The second-order valence-corrected chi connectivity index (χ2v) is 6.93. The van der Waals surface area contributed by atoms with E-state index in [-0.39, 0.29) is 18.4 Å². The first-order valence-corrected chi connectivity index (χ1v) is 8.91. The van der Waals surface area contributed by atoms with Gasteiger partial charge in [0, 0.05) is 31.8 Å². The minimum Gasteiger partial charge on any atom is -0.384 e. The first-order valence-electron chi connectivity index (χ1n) is 8.53. The molecule has 2 saturated heterocycles. The number of rotatable bonds is 4. The second kappa shape index (κ2) is 8.17. The molecule has 0 bridgehead atoms. The molecule has 0 saturated carbocycles. The Bertz CT molecular complexity index is 631. The number of piperidine rings is 1. The number of likely N-dealkylation sites (tertiary alicyclic amines) is 1. The molecular formula is C18H23ClN2O4. The second-order valence-electron chi connectivity index (χ2n) is 6.52. The number of nitrogens with one attached hydrogen (secondary N) is 1. The Morgan fingerprint density at radius 2 is 2.08 bits per heavy atom. The largest absolute Gasteiger partial charge is 0.384 e. The van der Waals surface area contributed by atoms with Gasteiger partial charge in [-0.1, -0.05) is 29.8 Å². The highest BCUT2D eigenvalue weighted by Gasteiger charge is 2.39. The van der Waals surface area contributed by atoms with Gasteiger partial charge in [-0.05, 0) is 30.4 Å². The van der Waals surface area contributed by atoms with E-state index < -0.39 is 12.1 Å². The van der Waals surface area contributed by atoms with E-state index in [0.717, 1.165) is 19.4 Å². The number of morpholine rings is 1. The number of hydrogen-bond donors (Lipinski definition) is 1. The third-order valence-electron chi connectivity index (χ3n) is 4.83. The van der Waals surface area contributed by atoms with Crippen molar-refractivity contribution in [1.29, 1.82) is 0 Å². The Labute approximate surface area is 152 Å². The molecule has 2 amide bonds. The maximum atomic E-state index is 13.0. The molecule has 7 heteroatoms. The lowest BCUT2D eigenvalue weighted by Gasteiger charge is -2.38. The number of ether oxygens (including phenoxy) is 2. The zero-order valence-corrected chi connectivity index (χ0v) is 15.0. The molecule has 0 spiro atoms. The quantitative estimate of drug-likeness (QED) is 0.882. The van der Waals surface area contributed by atoms with Gasteiger partial charge in [-0.2, -0.15) is 0 Å². The predicted octanol–water partition coefficient (Wildman–Crippen LogP) is 1.78. The average Bonchev–Trinajstić information content (AvgIpc) is 2.62. The molecule has 136 valence electrons. The van der Waals surface area contributed by atoms with E-state index >= 15 is 0 Å². The van der Waals surface area contributed by atoms with Gasteiger partial charge in [0.25, 0.3) is 5.91 Å². The van der Waals surface area contributed by atoms with Gasteiger partial charge in [-0.25, -0.2) is 0 Å². The molecule has 1 N–H and O–H groups in total. The minimum atomic E-state index is -0.753. The highest BCUT2D eigenvalue weighted by molar-refractivity contribution is 6.31. The Morgan fingerprint density at radius 1 is 1.36 bits per heavy atom. The SMILES string of the molecule is COCC1CCN(C(=O)C2OCC(=O)NC2c2ccccc2Cl)CC1. The number of benzene rings is 1. The molecule has 2 aliphatic heterocycles. The van der Waals surface area contributed by atoms with E-state index in [9.17, 15) is 9.59 Å². The van der Waals surface area contributed by atoms with Crippen LogP contribution in [0.3, 0.4) is 0 Å². The van der Waals surface area contributed by atoms with Gasteiger partial charge >= 0.3 is 0 Å². The van der Waals surface area contributed by atoms with Crippen molar-refractivity contribution < 1.29 is 19.1 Å². The standard InChI is InChI=1S/C18H23ClN2O4/c1-24-10-12-6-8-21(9-7-12)18(23)17-16(20-15(22)11-25-17)13-4-2-3-5-14(13)19/h2-5,12,16-17H,6-11H2,1H3,(H,20,22). The van der Waals surface area contributed by atoms with Crippen LogP contribution in [-0.4, -0.2) is 56.2 Å². The lowest BCUT2D eigenvalue weighted by molar-refractivity contribution is -0.156. The number of nitrogens with zero attached hydrogens (tertiary/aromatic N) is 1. The molecular weight excluding hydrogens is 344 g/mol. The molecule has 1 aromatic rings. The number of hydrogen-bond acceptors (Lipinski definition) is 4.